The van der Waals surface area contributed by atoms with Gasteiger partial charge in [0.1, 0.15) is 0 Å². The number of nitrogens with zero attached hydrogens (tertiary/aromatic N) is 1. The third-order valence-corrected chi connectivity index (χ3v) is 6.92. The Morgan fingerprint density at radius 1 is 0.939 bits per heavy atom. The minimum absolute atomic E-state index is 0.0933. The second-order valence-electron chi connectivity index (χ2n) is 7.51. The van der Waals surface area contributed by atoms with E-state index >= 15 is 0 Å². The van der Waals surface area contributed by atoms with Crippen molar-refractivity contribution in [3.8, 4) is 11.3 Å². The Morgan fingerprint density at radius 2 is 1.61 bits per heavy atom. The lowest BCUT2D eigenvalue weighted by molar-refractivity contribution is 0.0952. The third kappa shape index (κ3) is 5.39. The molecule has 0 fully saturated rings. The molecule has 1 heterocycles. The molecule has 3 aromatic carbocycles. The molecule has 0 aliphatic carbocycles. The van der Waals surface area contributed by atoms with Gasteiger partial charge in [-0.2, -0.15) is 0 Å². The fourth-order valence-electron chi connectivity index (χ4n) is 3.49. The summed E-state index contributed by atoms with van der Waals surface area (Å²) < 4.78 is 25.7. The average molecular weight is 480 g/mol. The summed E-state index contributed by atoms with van der Waals surface area (Å²) in [5, 5.41) is 4.26. The van der Waals surface area contributed by atoms with Crippen LogP contribution in [0.1, 0.15) is 21.5 Å². The van der Waals surface area contributed by atoms with Gasteiger partial charge in [-0.25, -0.2) is 18.1 Å². The second-order valence-corrected chi connectivity index (χ2v) is 9.85. The highest BCUT2D eigenvalue weighted by Crippen LogP contribution is 2.29. The largest absolute Gasteiger partial charge is 0.348 e. The monoisotopic (exact) mass is 479 g/mol. The molecule has 6 nitrogen and oxygen atoms in total. The van der Waals surface area contributed by atoms with Gasteiger partial charge in [-0.15, -0.1) is 0 Å². The molecule has 168 valence electrons. The zero-order chi connectivity index (χ0) is 23.4. The molecule has 2 N–H and O–H groups in total. The van der Waals surface area contributed by atoms with Gasteiger partial charge >= 0.3 is 0 Å². The molecule has 4 aromatic rings. The minimum atomic E-state index is -3.33. The van der Waals surface area contributed by atoms with Crippen molar-refractivity contribution in [1.29, 1.82) is 0 Å². The molecule has 1 amide bonds. The van der Waals surface area contributed by atoms with Crippen molar-refractivity contribution in [3.63, 3.8) is 0 Å². The number of aromatic nitrogens is 1. The summed E-state index contributed by atoms with van der Waals surface area (Å²) in [7, 11) is -1.95. The lowest BCUT2D eigenvalue weighted by Gasteiger charge is -2.12. The Kier molecular flexibility index (Phi) is 6.74. The van der Waals surface area contributed by atoms with Crippen LogP contribution in [-0.2, 0) is 22.3 Å². The van der Waals surface area contributed by atoms with Crippen LogP contribution in [0.3, 0.4) is 0 Å². The minimum Gasteiger partial charge on any atom is -0.348 e. The zero-order valence-corrected chi connectivity index (χ0v) is 19.5. The van der Waals surface area contributed by atoms with E-state index in [1.54, 1.807) is 36.4 Å². The third-order valence-electron chi connectivity index (χ3n) is 5.25. The van der Waals surface area contributed by atoms with Crippen LogP contribution in [0.2, 0.25) is 5.02 Å². The molecule has 0 aliphatic rings. The summed E-state index contributed by atoms with van der Waals surface area (Å²) in [5.41, 5.74) is 4.12. The summed E-state index contributed by atoms with van der Waals surface area (Å²) in [4.78, 5) is 17.8. The molecule has 33 heavy (non-hydrogen) atoms. The fraction of sp³-hybridized carbons (Fsp3) is 0.120. The van der Waals surface area contributed by atoms with E-state index in [-0.39, 0.29) is 11.7 Å². The van der Waals surface area contributed by atoms with Crippen LogP contribution in [-0.4, -0.2) is 26.4 Å². The molecular formula is C25H22ClN3O3S. The van der Waals surface area contributed by atoms with Crippen LogP contribution in [0.5, 0.6) is 0 Å². The van der Waals surface area contributed by atoms with Gasteiger partial charge in [-0.1, -0.05) is 72.3 Å². The van der Waals surface area contributed by atoms with Gasteiger partial charge in [0, 0.05) is 22.5 Å². The predicted molar refractivity (Wildman–Crippen MR) is 131 cm³/mol. The molecule has 1 aromatic heterocycles. The van der Waals surface area contributed by atoms with Crippen molar-refractivity contribution in [2.45, 2.75) is 12.3 Å². The van der Waals surface area contributed by atoms with E-state index in [0.717, 1.165) is 16.5 Å². The first kappa shape index (κ1) is 22.9. The molecule has 8 heteroatoms. The number of sulfonamides is 1. The van der Waals surface area contributed by atoms with E-state index in [0.29, 0.717) is 33.9 Å². The topological polar surface area (TPSA) is 88.2 Å². The highest BCUT2D eigenvalue weighted by atomic mass is 35.5. The summed E-state index contributed by atoms with van der Waals surface area (Å²) >= 11 is 6.36. The number of halogens is 1. The van der Waals surface area contributed by atoms with Gasteiger partial charge in [0.15, 0.2) is 0 Å². The van der Waals surface area contributed by atoms with Gasteiger partial charge in [-0.05, 0) is 36.4 Å². The molecule has 0 radical (unpaired) electrons. The van der Waals surface area contributed by atoms with E-state index < -0.39 is 10.0 Å². The molecule has 0 atom stereocenters. The number of amides is 1. The highest BCUT2D eigenvalue weighted by molar-refractivity contribution is 7.88. The highest BCUT2D eigenvalue weighted by Gasteiger charge is 2.15. The summed E-state index contributed by atoms with van der Waals surface area (Å²) in [5.74, 6) is -0.326. The number of carbonyl (C=O) groups is 1. The number of fused-ring (bicyclic) bond motifs is 1. The molecule has 0 unspecified atom stereocenters. The first-order valence-corrected chi connectivity index (χ1v) is 12.3. The molecule has 0 aliphatic heterocycles. The van der Waals surface area contributed by atoms with Crippen molar-refractivity contribution in [2.24, 2.45) is 0 Å². The summed E-state index contributed by atoms with van der Waals surface area (Å²) in [6, 6.07) is 23.7. The molecule has 4 rings (SSSR count). The second kappa shape index (κ2) is 9.70. The number of nitrogens with one attached hydrogen (secondary N) is 2. The van der Waals surface area contributed by atoms with E-state index in [1.165, 1.54) is 7.05 Å². The lowest BCUT2D eigenvalue weighted by atomic mass is 10.0. The van der Waals surface area contributed by atoms with Gasteiger partial charge in [0.2, 0.25) is 10.0 Å². The Bertz CT molecular complexity index is 1420. The smallest absolute Gasteiger partial charge is 0.252 e. The average Bonchev–Trinajstić information content (AvgIpc) is 2.83. The van der Waals surface area contributed by atoms with Crippen molar-refractivity contribution >= 4 is 38.4 Å². The van der Waals surface area contributed by atoms with Crippen LogP contribution in [0.25, 0.3) is 22.2 Å². The Balaban J connectivity index is 1.57. The van der Waals surface area contributed by atoms with Gasteiger partial charge in [0.05, 0.1) is 22.5 Å². The molecule has 0 saturated heterocycles. The summed E-state index contributed by atoms with van der Waals surface area (Å²) in [6.45, 7) is 0.302. The molecule has 0 saturated carbocycles. The van der Waals surface area contributed by atoms with E-state index in [9.17, 15) is 13.2 Å². The van der Waals surface area contributed by atoms with Crippen molar-refractivity contribution in [2.75, 3.05) is 7.05 Å². The van der Waals surface area contributed by atoms with Crippen molar-refractivity contribution in [1.82, 2.24) is 15.0 Å². The van der Waals surface area contributed by atoms with E-state index in [2.05, 4.69) is 10.0 Å². The maximum atomic E-state index is 13.1. The van der Waals surface area contributed by atoms with Crippen LogP contribution in [0, 0.1) is 0 Å². The normalized spacial score (nSPS) is 11.5. The number of rotatable bonds is 7. The molecule has 0 spiro atoms. The van der Waals surface area contributed by atoms with E-state index in [4.69, 9.17) is 16.6 Å². The SMILES string of the molecule is CNS(=O)(=O)Cc1ccc(CNC(=O)c2cc(-c3ccccc3Cl)nc3ccccc23)cc1. The lowest BCUT2D eigenvalue weighted by Crippen LogP contribution is -2.23. The Labute approximate surface area is 197 Å². The van der Waals surface area contributed by atoms with Gasteiger partial charge < -0.3 is 5.32 Å². The molecular weight excluding hydrogens is 458 g/mol. The van der Waals surface area contributed by atoms with E-state index in [1.807, 2.05) is 42.5 Å². The number of hydrogen-bond donors (Lipinski definition) is 2. The number of pyridine rings is 1. The van der Waals surface area contributed by atoms with Crippen LogP contribution in [0.4, 0.5) is 0 Å². The maximum absolute atomic E-state index is 13.1. The van der Waals surface area contributed by atoms with Crippen LogP contribution >= 0.6 is 11.6 Å². The molecule has 0 bridgehead atoms. The summed E-state index contributed by atoms with van der Waals surface area (Å²) in [6.07, 6.45) is 0. The maximum Gasteiger partial charge on any atom is 0.252 e. The van der Waals surface area contributed by atoms with Gasteiger partial charge in [0.25, 0.3) is 5.91 Å². The van der Waals surface area contributed by atoms with Crippen molar-refractivity contribution < 1.29 is 13.2 Å². The number of benzene rings is 3. The first-order valence-electron chi connectivity index (χ1n) is 10.3. The number of hydrogen-bond acceptors (Lipinski definition) is 4. The number of carbonyl (C=O) groups excluding carboxylic acids is 1. The quantitative estimate of drug-likeness (QED) is 0.407. The van der Waals surface area contributed by atoms with Gasteiger partial charge in [-0.3, -0.25) is 4.79 Å². The predicted octanol–water partition coefficient (Wildman–Crippen LogP) is 4.53. The van der Waals surface area contributed by atoms with Crippen molar-refractivity contribution in [3.05, 3.63) is 101 Å². The fourth-order valence-corrected chi connectivity index (χ4v) is 4.50. The zero-order valence-electron chi connectivity index (χ0n) is 17.9. The van der Waals surface area contributed by atoms with Crippen LogP contribution < -0.4 is 10.0 Å². The Morgan fingerprint density at radius 3 is 2.33 bits per heavy atom. The standard InChI is InChI=1S/C25H22ClN3O3S/c1-27-33(31,32)16-18-12-10-17(11-13-18)15-28-25(30)21-14-24(20-7-2-4-8-22(20)26)29-23-9-5-3-6-19(21)23/h2-14,27H,15-16H2,1H3,(H,28,30). The van der Waals surface area contributed by atoms with Crippen LogP contribution in [0.15, 0.2) is 78.9 Å². The number of para-hydroxylation sites is 1. The first-order chi connectivity index (χ1) is 15.9. The Hall–Kier alpha value is -3.26.